The van der Waals surface area contributed by atoms with Crippen LogP contribution in [0, 0.1) is 5.92 Å². The first-order valence-electron chi connectivity index (χ1n) is 16.4. The van der Waals surface area contributed by atoms with E-state index in [0.717, 1.165) is 81.5 Å². The Kier molecular flexibility index (Phi) is 22.1. The second-order valence-corrected chi connectivity index (χ2v) is 12.4. The molecule has 1 aromatic carbocycles. The molecule has 1 saturated heterocycles. The fourth-order valence-electron chi connectivity index (χ4n) is 4.47. The van der Waals surface area contributed by atoms with Crippen molar-refractivity contribution in [3.8, 4) is 0 Å². The molecule has 0 unspecified atom stereocenters. The third kappa shape index (κ3) is 16.6. The maximum Gasteiger partial charge on any atom is 0.416 e. The van der Waals surface area contributed by atoms with Gasteiger partial charge in [-0.25, -0.2) is 4.99 Å². The van der Waals surface area contributed by atoms with Gasteiger partial charge in [-0.2, -0.15) is 24.9 Å². The van der Waals surface area contributed by atoms with E-state index in [1.807, 2.05) is 32.4 Å². The number of benzene rings is 1. The van der Waals surface area contributed by atoms with E-state index in [9.17, 15) is 27.6 Å². The van der Waals surface area contributed by atoms with E-state index in [-0.39, 0.29) is 17.5 Å². The van der Waals surface area contributed by atoms with Gasteiger partial charge < -0.3 is 40.1 Å². The van der Waals surface area contributed by atoms with Crippen molar-refractivity contribution in [3.05, 3.63) is 63.6 Å². The summed E-state index contributed by atoms with van der Waals surface area (Å²) >= 11 is 7.32. The molecule has 1 saturated carbocycles. The monoisotopic (exact) mass is 744 g/mol. The van der Waals surface area contributed by atoms with Crippen molar-refractivity contribution in [1.82, 2.24) is 20.4 Å². The van der Waals surface area contributed by atoms with E-state index >= 15 is 0 Å². The summed E-state index contributed by atoms with van der Waals surface area (Å²) in [5, 5.41) is 9.29. The molecule has 0 bridgehead atoms. The van der Waals surface area contributed by atoms with E-state index in [4.69, 9.17) is 16.3 Å². The number of likely N-dealkylation sites (N-methyl/N-ethyl adjacent to an activating group) is 1. The van der Waals surface area contributed by atoms with Crippen LogP contribution in [0.5, 0.6) is 0 Å². The molecule has 1 aliphatic carbocycles. The van der Waals surface area contributed by atoms with Crippen LogP contribution < -0.4 is 16.0 Å². The molecule has 3 N–H and O–H groups in total. The number of hydrogen-bond donors (Lipinski definition) is 3. The second-order valence-electron chi connectivity index (χ2n) is 11.2. The number of halogens is 4. The number of nitrogens with one attached hydrogen (secondary N) is 3. The lowest BCUT2D eigenvalue weighted by Crippen LogP contribution is -2.48. The molecular weight excluding hydrogens is 693 g/mol. The normalized spacial score (nSPS) is 16.6. The first kappa shape index (κ1) is 44.7. The van der Waals surface area contributed by atoms with Gasteiger partial charge in [-0.1, -0.05) is 30.7 Å². The minimum atomic E-state index is -4.34. The van der Waals surface area contributed by atoms with Crippen molar-refractivity contribution < 1.29 is 32.3 Å². The quantitative estimate of drug-likeness (QED) is 0.108. The van der Waals surface area contributed by atoms with Crippen molar-refractivity contribution in [2.24, 2.45) is 10.9 Å². The van der Waals surface area contributed by atoms with E-state index in [1.54, 1.807) is 32.2 Å². The summed E-state index contributed by atoms with van der Waals surface area (Å²) in [5.74, 6) is 0.296. The topological polar surface area (TPSA) is 115 Å². The molecule has 2 heterocycles. The van der Waals surface area contributed by atoms with Crippen molar-refractivity contribution in [3.63, 3.8) is 0 Å². The molecule has 1 amide bonds. The number of nitrogens with zero attached hydrogens (tertiary/aromatic N) is 3. The van der Waals surface area contributed by atoms with E-state index in [2.05, 4.69) is 31.9 Å². The molecule has 50 heavy (non-hydrogen) atoms. The predicted molar refractivity (Wildman–Crippen MR) is 199 cm³/mol. The smallest absolute Gasteiger partial charge is 0.387 e. The number of carbonyl (C=O) groups is 3. The van der Waals surface area contributed by atoms with E-state index in [0.29, 0.717) is 36.9 Å². The molecule has 0 atom stereocenters. The Morgan fingerprint density at radius 3 is 2.32 bits per heavy atom. The first-order chi connectivity index (χ1) is 23.9. The summed E-state index contributed by atoms with van der Waals surface area (Å²) in [7, 11) is 3.24. The van der Waals surface area contributed by atoms with Crippen LogP contribution in [-0.2, 0) is 25.3 Å². The average Bonchev–Trinajstić information content (AvgIpc) is 3.96. The van der Waals surface area contributed by atoms with Crippen LogP contribution in [0.15, 0.2) is 58.0 Å². The van der Waals surface area contributed by atoms with Gasteiger partial charge in [0.05, 0.1) is 48.1 Å². The van der Waals surface area contributed by atoms with Gasteiger partial charge in [0.2, 0.25) is 0 Å². The molecule has 0 aromatic heterocycles. The minimum Gasteiger partial charge on any atom is -0.387 e. The van der Waals surface area contributed by atoms with Crippen LogP contribution >= 0.6 is 23.4 Å². The van der Waals surface area contributed by atoms with Gasteiger partial charge in [0.1, 0.15) is 18.3 Å². The van der Waals surface area contributed by atoms with Crippen molar-refractivity contribution in [1.29, 1.82) is 0 Å². The maximum atomic E-state index is 13.1. The number of carbonyl (C=O) groups excluding carboxylic acids is 3. The number of anilines is 1. The number of ether oxygens (including phenoxy) is 1. The number of piperazine rings is 1. The third-order valence-electron chi connectivity index (χ3n) is 7.36. The van der Waals surface area contributed by atoms with Gasteiger partial charge in [-0.3, -0.25) is 4.79 Å². The molecule has 0 spiro atoms. The van der Waals surface area contributed by atoms with E-state index in [1.165, 1.54) is 16.5 Å². The van der Waals surface area contributed by atoms with Gasteiger partial charge in [-0.05, 0) is 68.9 Å². The zero-order valence-electron chi connectivity index (χ0n) is 29.9. The first-order valence-corrected chi connectivity index (χ1v) is 18.4. The Bertz CT molecular complexity index is 1330. The number of aliphatic imine (C=N–C) groups is 1. The zero-order chi connectivity index (χ0) is 37.5. The fraction of sp³-hybridized carbons (Fsp3) is 0.543. The summed E-state index contributed by atoms with van der Waals surface area (Å²) in [5.41, 5.74) is 3.23. The highest BCUT2D eigenvalue weighted by molar-refractivity contribution is 7.97. The Labute approximate surface area is 304 Å². The summed E-state index contributed by atoms with van der Waals surface area (Å²) in [4.78, 5) is 41.6. The van der Waals surface area contributed by atoms with Crippen molar-refractivity contribution in [2.45, 2.75) is 45.7 Å². The summed E-state index contributed by atoms with van der Waals surface area (Å²) in [6.07, 6.45) is 11.0. The molecule has 280 valence electrons. The predicted octanol–water partition coefficient (Wildman–Crippen LogP) is 6.01. The second kappa shape index (κ2) is 24.8. The van der Waals surface area contributed by atoms with Gasteiger partial charge in [0, 0.05) is 51.9 Å². The highest BCUT2D eigenvalue weighted by atomic mass is 35.5. The molecule has 10 nitrogen and oxygen atoms in total. The average molecular weight is 745 g/mol. The van der Waals surface area contributed by atoms with Crippen LogP contribution in [-0.4, -0.2) is 107 Å². The van der Waals surface area contributed by atoms with Crippen LogP contribution in [0.1, 0.15) is 45.1 Å². The number of hydrogen-bond acceptors (Lipinski definition) is 9. The molecule has 1 aromatic rings. The molecular formula is C35H52ClF3N6O4S. The van der Waals surface area contributed by atoms with Crippen LogP contribution in [0.3, 0.4) is 0 Å². The number of alkyl halides is 3. The van der Waals surface area contributed by atoms with E-state index < -0.39 is 11.7 Å². The summed E-state index contributed by atoms with van der Waals surface area (Å²) < 4.78 is 41.7. The van der Waals surface area contributed by atoms with Crippen LogP contribution in [0.2, 0.25) is 5.02 Å². The highest BCUT2D eigenvalue weighted by Crippen LogP contribution is 2.33. The molecule has 0 radical (unpaired) electrons. The molecule has 4 rings (SSSR count). The van der Waals surface area contributed by atoms with Crippen LogP contribution in [0.4, 0.5) is 18.9 Å². The fourth-order valence-corrected chi connectivity index (χ4v) is 4.74. The summed E-state index contributed by atoms with van der Waals surface area (Å²) in [6, 6.07) is 3.18. The zero-order valence-corrected chi connectivity index (χ0v) is 31.4. The molecule has 2 fully saturated rings. The summed E-state index contributed by atoms with van der Waals surface area (Å²) in [6.45, 7) is 8.47. The van der Waals surface area contributed by atoms with Gasteiger partial charge in [0.15, 0.2) is 0 Å². The van der Waals surface area contributed by atoms with Gasteiger partial charge in [0.25, 0.3) is 5.91 Å². The highest BCUT2D eigenvalue weighted by Gasteiger charge is 2.31. The van der Waals surface area contributed by atoms with Crippen molar-refractivity contribution >= 4 is 53.9 Å². The lowest BCUT2D eigenvalue weighted by molar-refractivity contribution is -0.137. The largest absolute Gasteiger partial charge is 0.416 e. The number of rotatable bonds is 11. The number of aldehydes is 2. The molecule has 15 heteroatoms. The Balaban J connectivity index is 0.000000483. The Morgan fingerprint density at radius 1 is 1.22 bits per heavy atom. The van der Waals surface area contributed by atoms with Crippen LogP contribution in [0.25, 0.3) is 0 Å². The SMILES string of the molecule is CC=C(N=CN/C(CC)=C(\C(=O)N(C)CC=O)N1CCNCC1)C1=CCOCC1.CNc1ccc(C(F)(F)F)cc1Cl.CSC.O=CC1CC1. The van der Waals surface area contributed by atoms with Crippen molar-refractivity contribution in [2.75, 3.05) is 77.9 Å². The standard InChI is InChI=1S/C21H33N5O3.C8H7ClF3N.C4H6O.C2H6S/c1-4-18(17-6-14-29-15-7-17)23-16-24-19(5-2)20(21(28)25(3)12-13-27)26-10-8-22-9-11-26;1-13-7-3-2-5(4-6(7)9)8(10,11)12;5-3-4-1-2-4;1-3-2/h4,6,13,16,22H,5,7-12,14-15H2,1-3H3,(H,23,24);2-4,13H,1H3;3-4H,1-2H2;1-2H3/b18-4?,20-19+;;;. The number of allylic oxidation sites excluding steroid dienone is 3. The molecule has 3 aliphatic rings. The number of thioether (sulfide) groups is 1. The van der Waals surface area contributed by atoms with Gasteiger partial charge in [-0.15, -0.1) is 0 Å². The lowest BCUT2D eigenvalue weighted by Gasteiger charge is -2.33. The van der Waals surface area contributed by atoms with Gasteiger partial charge >= 0.3 is 6.18 Å². The Hall–Kier alpha value is -3.33. The Morgan fingerprint density at radius 2 is 1.88 bits per heavy atom. The molecule has 2 aliphatic heterocycles. The lowest BCUT2D eigenvalue weighted by atomic mass is 10.1. The minimum absolute atomic E-state index is 0.0670. The number of amides is 1. The third-order valence-corrected chi connectivity index (χ3v) is 7.67. The maximum absolute atomic E-state index is 13.1.